The third kappa shape index (κ3) is 3.88. The Hall–Kier alpha value is -3.33. The van der Waals surface area contributed by atoms with Crippen molar-refractivity contribution < 1.29 is 18.6 Å². The van der Waals surface area contributed by atoms with Crippen LogP contribution in [-0.4, -0.2) is 28.4 Å². The van der Waals surface area contributed by atoms with E-state index in [-0.39, 0.29) is 16.4 Å². The highest BCUT2D eigenvalue weighted by Crippen LogP contribution is 2.36. The van der Waals surface area contributed by atoms with Crippen LogP contribution in [0.1, 0.15) is 0 Å². The first kappa shape index (κ1) is 20.0. The van der Waals surface area contributed by atoms with Crippen molar-refractivity contribution >= 4 is 21.6 Å². The quantitative estimate of drug-likeness (QED) is 0.415. The number of halogens is 1. The Bertz CT molecular complexity index is 1330. The Morgan fingerprint density at radius 1 is 0.900 bits per heavy atom. The molecule has 1 heterocycles. The van der Waals surface area contributed by atoms with Crippen molar-refractivity contribution in [3.05, 3.63) is 77.8 Å². The fourth-order valence-corrected chi connectivity index (χ4v) is 3.68. The monoisotopic (exact) mass is 441 g/mol. The molecule has 0 bridgehead atoms. The minimum absolute atomic E-state index is 0.0202. The molecule has 3 aromatic carbocycles. The van der Waals surface area contributed by atoms with E-state index in [1.54, 1.807) is 35.0 Å². The van der Waals surface area contributed by atoms with E-state index in [1.165, 1.54) is 30.3 Å². The number of rotatable bonds is 4. The van der Waals surface area contributed by atoms with Gasteiger partial charge < -0.3 is 10.2 Å². The van der Waals surface area contributed by atoms with Gasteiger partial charge in [0.25, 0.3) is 0 Å². The molecule has 0 aliphatic heterocycles. The zero-order valence-electron chi connectivity index (χ0n) is 15.4. The van der Waals surface area contributed by atoms with Crippen LogP contribution in [0, 0.1) is 0 Å². The van der Waals surface area contributed by atoms with E-state index in [1.807, 2.05) is 12.1 Å². The molecule has 7 nitrogen and oxygen atoms in total. The zero-order valence-corrected chi connectivity index (χ0v) is 17.0. The molecule has 4 N–H and O–H groups in total. The molecule has 0 saturated heterocycles. The Kier molecular flexibility index (Phi) is 4.98. The summed E-state index contributed by atoms with van der Waals surface area (Å²) < 4.78 is 24.7. The van der Waals surface area contributed by atoms with Crippen molar-refractivity contribution in [1.29, 1.82) is 0 Å². The van der Waals surface area contributed by atoms with Crippen molar-refractivity contribution in [3.8, 4) is 39.7 Å². The van der Waals surface area contributed by atoms with Crippen LogP contribution >= 0.6 is 11.6 Å². The third-order valence-electron chi connectivity index (χ3n) is 4.52. The predicted octanol–water partition coefficient (Wildman–Crippen LogP) is 3.92. The number of hydrogen-bond donors (Lipinski definition) is 3. The van der Waals surface area contributed by atoms with Crippen LogP contribution in [-0.2, 0) is 10.0 Å². The van der Waals surface area contributed by atoms with E-state index in [0.29, 0.717) is 27.7 Å². The van der Waals surface area contributed by atoms with Crippen molar-refractivity contribution in [2.24, 2.45) is 5.14 Å². The van der Waals surface area contributed by atoms with Gasteiger partial charge in [-0.1, -0.05) is 23.7 Å². The van der Waals surface area contributed by atoms with Crippen LogP contribution < -0.4 is 5.14 Å². The number of sulfonamides is 1. The molecule has 1 aromatic heterocycles. The maximum absolute atomic E-state index is 11.6. The molecule has 4 rings (SSSR count). The number of nitrogens with zero attached hydrogens (tertiary/aromatic N) is 2. The van der Waals surface area contributed by atoms with Gasteiger partial charge in [-0.15, -0.1) is 0 Å². The standard InChI is InChI=1S/C21H16ClN3O4S/c22-14-3-1-13(2-4-14)19-12-20(18-11-16(26)7-10-21(18)27)25(24-19)15-5-8-17(9-6-15)30(23,28)29/h1-12,26-27H,(H2,23,28,29). The number of phenols is 2. The van der Waals surface area contributed by atoms with Crippen molar-refractivity contribution in [3.63, 3.8) is 0 Å². The second kappa shape index (κ2) is 7.49. The van der Waals surface area contributed by atoms with Gasteiger partial charge >= 0.3 is 0 Å². The molecule has 152 valence electrons. The van der Waals surface area contributed by atoms with Gasteiger partial charge in [0.2, 0.25) is 10.0 Å². The SMILES string of the molecule is NS(=O)(=O)c1ccc(-n2nc(-c3ccc(Cl)cc3)cc2-c2cc(O)ccc2O)cc1. The average molecular weight is 442 g/mol. The van der Waals surface area contributed by atoms with Gasteiger partial charge in [-0.05, 0) is 60.7 Å². The van der Waals surface area contributed by atoms with E-state index >= 15 is 0 Å². The number of benzene rings is 3. The highest BCUT2D eigenvalue weighted by atomic mass is 35.5. The molecule has 0 aliphatic rings. The summed E-state index contributed by atoms with van der Waals surface area (Å²) in [5, 5.41) is 30.6. The van der Waals surface area contributed by atoms with Crippen molar-refractivity contribution in [2.75, 3.05) is 0 Å². The summed E-state index contributed by atoms with van der Waals surface area (Å²) in [7, 11) is -3.83. The van der Waals surface area contributed by atoms with Gasteiger partial charge in [-0.25, -0.2) is 18.2 Å². The Morgan fingerprint density at radius 3 is 2.20 bits per heavy atom. The number of aromatic nitrogens is 2. The first-order valence-electron chi connectivity index (χ1n) is 8.74. The van der Waals surface area contributed by atoms with Gasteiger partial charge in [0.1, 0.15) is 11.5 Å². The first-order chi connectivity index (χ1) is 14.2. The molecule has 0 amide bonds. The minimum atomic E-state index is -3.83. The van der Waals surface area contributed by atoms with Gasteiger partial charge in [0.05, 0.1) is 22.0 Å². The van der Waals surface area contributed by atoms with Crippen molar-refractivity contribution in [1.82, 2.24) is 9.78 Å². The molecule has 0 spiro atoms. The predicted molar refractivity (Wildman–Crippen MR) is 114 cm³/mol. The maximum atomic E-state index is 11.6. The Labute approximate surface area is 177 Å². The normalized spacial score (nSPS) is 11.5. The van der Waals surface area contributed by atoms with E-state index in [9.17, 15) is 18.6 Å². The van der Waals surface area contributed by atoms with Crippen LogP contribution in [0.5, 0.6) is 11.5 Å². The van der Waals surface area contributed by atoms with Crippen molar-refractivity contribution in [2.45, 2.75) is 4.90 Å². The van der Waals surface area contributed by atoms with Crippen LogP contribution in [0.15, 0.2) is 77.7 Å². The van der Waals surface area contributed by atoms with E-state index in [2.05, 4.69) is 5.10 Å². The summed E-state index contributed by atoms with van der Waals surface area (Å²) >= 11 is 5.97. The smallest absolute Gasteiger partial charge is 0.238 e. The van der Waals surface area contributed by atoms with Gasteiger partial charge in [-0.2, -0.15) is 5.10 Å². The lowest BCUT2D eigenvalue weighted by molar-refractivity contribution is 0.461. The molecule has 4 aromatic rings. The molecular formula is C21H16ClN3O4S. The molecule has 0 fully saturated rings. The van der Waals surface area contributed by atoms with E-state index in [0.717, 1.165) is 5.56 Å². The van der Waals surface area contributed by atoms with Crippen LogP contribution in [0.4, 0.5) is 0 Å². The highest BCUT2D eigenvalue weighted by molar-refractivity contribution is 7.89. The fraction of sp³-hybridized carbons (Fsp3) is 0. The molecule has 0 radical (unpaired) electrons. The molecule has 0 unspecified atom stereocenters. The average Bonchev–Trinajstić information content (AvgIpc) is 3.15. The Balaban J connectivity index is 1.91. The number of hydrogen-bond acceptors (Lipinski definition) is 5. The number of aromatic hydroxyl groups is 2. The lowest BCUT2D eigenvalue weighted by Gasteiger charge is -2.10. The second-order valence-corrected chi connectivity index (χ2v) is 8.57. The van der Waals surface area contributed by atoms with E-state index < -0.39 is 10.0 Å². The summed E-state index contributed by atoms with van der Waals surface area (Å²) in [5.41, 5.74) is 2.79. The fourth-order valence-electron chi connectivity index (χ4n) is 3.04. The molecule has 30 heavy (non-hydrogen) atoms. The summed E-state index contributed by atoms with van der Waals surface area (Å²) in [6.07, 6.45) is 0. The van der Waals surface area contributed by atoms with Crippen LogP contribution in [0.25, 0.3) is 28.2 Å². The van der Waals surface area contributed by atoms with Gasteiger partial charge in [0, 0.05) is 16.1 Å². The number of nitrogens with two attached hydrogens (primary N) is 1. The zero-order chi connectivity index (χ0) is 21.5. The first-order valence-corrected chi connectivity index (χ1v) is 10.7. The lowest BCUT2D eigenvalue weighted by atomic mass is 10.1. The molecule has 0 aliphatic carbocycles. The van der Waals surface area contributed by atoms with Gasteiger partial charge in [0.15, 0.2) is 0 Å². The highest BCUT2D eigenvalue weighted by Gasteiger charge is 2.17. The summed E-state index contributed by atoms with van der Waals surface area (Å²) in [6, 6.07) is 18.9. The van der Waals surface area contributed by atoms with E-state index in [4.69, 9.17) is 16.7 Å². The molecule has 0 atom stereocenters. The summed E-state index contributed by atoms with van der Waals surface area (Å²) in [5.74, 6) is -0.0640. The maximum Gasteiger partial charge on any atom is 0.238 e. The molecule has 9 heteroatoms. The minimum Gasteiger partial charge on any atom is -0.508 e. The molecular weight excluding hydrogens is 426 g/mol. The third-order valence-corrected chi connectivity index (χ3v) is 5.70. The van der Waals surface area contributed by atoms with Crippen LogP contribution in [0.2, 0.25) is 5.02 Å². The largest absolute Gasteiger partial charge is 0.508 e. The number of primary sulfonamides is 1. The summed E-state index contributed by atoms with van der Waals surface area (Å²) in [6.45, 7) is 0. The molecule has 0 saturated carbocycles. The summed E-state index contributed by atoms with van der Waals surface area (Å²) in [4.78, 5) is -0.0296. The van der Waals surface area contributed by atoms with Gasteiger partial charge in [-0.3, -0.25) is 0 Å². The lowest BCUT2D eigenvalue weighted by Crippen LogP contribution is -2.12. The van der Waals surface area contributed by atoms with Crippen LogP contribution in [0.3, 0.4) is 0 Å². The topological polar surface area (TPSA) is 118 Å². The Morgan fingerprint density at radius 2 is 1.57 bits per heavy atom. The number of phenolic OH excluding ortho intramolecular Hbond substituents is 2. The second-order valence-electron chi connectivity index (χ2n) is 6.57.